The second-order valence-electron chi connectivity index (χ2n) is 4.03. The van der Waals surface area contributed by atoms with E-state index in [-0.39, 0.29) is 6.79 Å². The average Bonchev–Trinajstić information content (AvgIpc) is 2.89. The van der Waals surface area contributed by atoms with Gasteiger partial charge in [0.2, 0.25) is 12.7 Å². The number of carboxylic acids is 1. The van der Waals surface area contributed by atoms with Crippen LogP contribution in [0.15, 0.2) is 24.3 Å². The van der Waals surface area contributed by atoms with Crippen LogP contribution in [0.2, 0.25) is 0 Å². The van der Waals surface area contributed by atoms with E-state index in [1.165, 1.54) is 12.2 Å². The number of carboxylic acid groups (broad SMARTS) is 1. The van der Waals surface area contributed by atoms with Crippen LogP contribution in [0.4, 0.5) is 0 Å². The van der Waals surface area contributed by atoms with Gasteiger partial charge in [0.25, 0.3) is 0 Å². The van der Waals surface area contributed by atoms with Crippen LogP contribution in [0, 0.1) is 0 Å². The number of benzene rings is 1. The van der Waals surface area contributed by atoms with Crippen molar-refractivity contribution in [2.24, 2.45) is 0 Å². The Morgan fingerprint density at radius 2 is 2.10 bits per heavy atom. The minimum absolute atomic E-state index is 0.166. The fourth-order valence-electron chi connectivity index (χ4n) is 1.59. The van der Waals surface area contributed by atoms with Gasteiger partial charge in [-0.15, -0.1) is 0 Å². The molecule has 2 rings (SSSR count). The molecule has 7 heteroatoms. The summed E-state index contributed by atoms with van der Waals surface area (Å²) in [5, 5.41) is 19.6. The van der Waals surface area contributed by atoms with Gasteiger partial charge in [0.15, 0.2) is 17.5 Å². The molecular weight excluding hydrogens is 266 g/mol. The van der Waals surface area contributed by atoms with Gasteiger partial charge in [0.1, 0.15) is 0 Å². The normalized spacial score (nSPS) is 14.2. The summed E-state index contributed by atoms with van der Waals surface area (Å²) >= 11 is 0. The number of hydrogen-bond donors (Lipinski definition) is 3. The van der Waals surface area contributed by atoms with Gasteiger partial charge in [-0.25, -0.2) is 4.79 Å². The van der Waals surface area contributed by atoms with Crippen molar-refractivity contribution in [2.75, 3.05) is 13.4 Å². The fraction of sp³-hybridized carbons (Fsp3) is 0.231. The molecule has 7 nitrogen and oxygen atoms in total. The van der Waals surface area contributed by atoms with Gasteiger partial charge in [-0.05, 0) is 23.8 Å². The lowest BCUT2D eigenvalue weighted by Crippen LogP contribution is -2.42. The van der Waals surface area contributed by atoms with Gasteiger partial charge in [-0.3, -0.25) is 4.79 Å². The van der Waals surface area contributed by atoms with E-state index in [1.54, 1.807) is 18.2 Å². The molecule has 1 aliphatic heterocycles. The smallest absolute Gasteiger partial charge is 0.328 e. The van der Waals surface area contributed by atoms with Crippen LogP contribution < -0.4 is 14.8 Å². The molecule has 1 amide bonds. The van der Waals surface area contributed by atoms with Crippen LogP contribution in [0.5, 0.6) is 11.5 Å². The van der Waals surface area contributed by atoms with Crippen LogP contribution in [-0.2, 0) is 9.59 Å². The van der Waals surface area contributed by atoms with Crippen LogP contribution >= 0.6 is 0 Å². The Morgan fingerprint density at radius 3 is 2.80 bits per heavy atom. The molecule has 0 fully saturated rings. The van der Waals surface area contributed by atoms with Gasteiger partial charge in [-0.2, -0.15) is 0 Å². The number of fused-ring (bicyclic) bond motifs is 1. The van der Waals surface area contributed by atoms with E-state index in [2.05, 4.69) is 5.32 Å². The molecule has 0 saturated heterocycles. The molecular formula is C13H13NO6. The molecule has 0 aliphatic carbocycles. The predicted molar refractivity (Wildman–Crippen MR) is 68.3 cm³/mol. The highest BCUT2D eigenvalue weighted by molar-refractivity contribution is 5.94. The van der Waals surface area contributed by atoms with Gasteiger partial charge < -0.3 is 25.0 Å². The molecule has 0 aromatic heterocycles. The maximum absolute atomic E-state index is 11.5. The Labute approximate surface area is 114 Å². The van der Waals surface area contributed by atoms with Crippen molar-refractivity contribution in [3.63, 3.8) is 0 Å². The first kappa shape index (κ1) is 13.9. The van der Waals surface area contributed by atoms with Crippen LogP contribution in [0.1, 0.15) is 5.56 Å². The van der Waals surface area contributed by atoms with Crippen molar-refractivity contribution in [1.29, 1.82) is 0 Å². The highest BCUT2D eigenvalue weighted by atomic mass is 16.7. The Hall–Kier alpha value is -2.54. The van der Waals surface area contributed by atoms with Crippen molar-refractivity contribution >= 4 is 18.0 Å². The summed E-state index contributed by atoms with van der Waals surface area (Å²) < 4.78 is 10.3. The summed E-state index contributed by atoms with van der Waals surface area (Å²) in [5.74, 6) is -0.675. The van der Waals surface area contributed by atoms with E-state index in [1.807, 2.05) is 0 Å². The molecule has 0 radical (unpaired) electrons. The summed E-state index contributed by atoms with van der Waals surface area (Å²) in [7, 11) is 0. The lowest BCUT2D eigenvalue weighted by Gasteiger charge is -2.09. The molecule has 1 atom stereocenters. The van der Waals surface area contributed by atoms with Gasteiger partial charge in [0.05, 0.1) is 6.61 Å². The van der Waals surface area contributed by atoms with Crippen molar-refractivity contribution in [3.8, 4) is 11.5 Å². The number of carbonyl (C=O) groups is 2. The lowest BCUT2D eigenvalue weighted by molar-refractivity contribution is -0.142. The fourth-order valence-corrected chi connectivity index (χ4v) is 1.59. The molecule has 0 spiro atoms. The van der Waals surface area contributed by atoms with Gasteiger partial charge in [0, 0.05) is 6.08 Å². The van der Waals surface area contributed by atoms with Crippen molar-refractivity contribution in [1.82, 2.24) is 5.32 Å². The Balaban J connectivity index is 1.98. The molecule has 0 unspecified atom stereocenters. The number of aliphatic carboxylic acids is 1. The van der Waals surface area contributed by atoms with E-state index in [4.69, 9.17) is 19.7 Å². The van der Waals surface area contributed by atoms with Crippen LogP contribution in [-0.4, -0.2) is 41.5 Å². The van der Waals surface area contributed by atoms with Gasteiger partial charge >= 0.3 is 5.97 Å². The summed E-state index contributed by atoms with van der Waals surface area (Å²) in [6.45, 7) is -0.501. The number of aliphatic hydroxyl groups excluding tert-OH is 1. The first-order chi connectivity index (χ1) is 9.60. The maximum atomic E-state index is 11.5. The second-order valence-corrected chi connectivity index (χ2v) is 4.03. The van der Waals surface area contributed by atoms with Gasteiger partial charge in [-0.1, -0.05) is 6.07 Å². The van der Waals surface area contributed by atoms with E-state index in [0.717, 1.165) is 0 Å². The molecule has 3 N–H and O–H groups in total. The largest absolute Gasteiger partial charge is 0.480 e. The summed E-state index contributed by atoms with van der Waals surface area (Å²) in [5.41, 5.74) is 0.709. The molecule has 1 heterocycles. The molecule has 0 bridgehead atoms. The minimum atomic E-state index is -1.32. The number of nitrogens with one attached hydrogen (secondary N) is 1. The van der Waals surface area contributed by atoms with E-state index in [0.29, 0.717) is 17.1 Å². The summed E-state index contributed by atoms with van der Waals surface area (Å²) in [6.07, 6.45) is 2.69. The van der Waals surface area contributed by atoms with Crippen LogP contribution in [0.3, 0.4) is 0 Å². The number of amides is 1. The zero-order valence-corrected chi connectivity index (χ0v) is 10.4. The highest BCUT2D eigenvalue weighted by Crippen LogP contribution is 2.32. The molecule has 1 aromatic rings. The summed E-state index contributed by atoms with van der Waals surface area (Å²) in [4.78, 5) is 22.1. The predicted octanol–water partition coefficient (Wildman–Crippen LogP) is -0.00980. The first-order valence-electron chi connectivity index (χ1n) is 5.82. The number of hydrogen-bond acceptors (Lipinski definition) is 5. The Kier molecular flexibility index (Phi) is 4.21. The third-order valence-electron chi connectivity index (χ3n) is 2.62. The maximum Gasteiger partial charge on any atom is 0.328 e. The Bertz CT molecular complexity index is 554. The molecule has 20 heavy (non-hydrogen) atoms. The van der Waals surface area contributed by atoms with Crippen LogP contribution in [0.25, 0.3) is 6.08 Å². The SMILES string of the molecule is O=C(/C=C/c1ccc2c(c1)OCO2)N[C@@H](CO)C(=O)O. The monoisotopic (exact) mass is 279 g/mol. The molecule has 0 saturated carbocycles. The minimum Gasteiger partial charge on any atom is -0.480 e. The topological polar surface area (TPSA) is 105 Å². The molecule has 1 aromatic carbocycles. The van der Waals surface area contributed by atoms with Crippen molar-refractivity contribution in [2.45, 2.75) is 6.04 Å². The second kappa shape index (κ2) is 6.07. The molecule has 1 aliphatic rings. The zero-order valence-electron chi connectivity index (χ0n) is 10.4. The third-order valence-corrected chi connectivity index (χ3v) is 2.62. The zero-order chi connectivity index (χ0) is 14.5. The standard InChI is InChI=1S/C13H13NO6/c15-6-9(13(17)18)14-12(16)4-2-8-1-3-10-11(5-8)20-7-19-10/h1-5,9,15H,6-7H2,(H,14,16)(H,17,18)/b4-2+/t9-/m0/s1. The first-order valence-corrected chi connectivity index (χ1v) is 5.82. The number of carbonyl (C=O) groups excluding carboxylic acids is 1. The molecule has 106 valence electrons. The summed E-state index contributed by atoms with van der Waals surface area (Å²) in [6, 6.07) is 3.84. The van der Waals surface area contributed by atoms with E-state index < -0.39 is 24.5 Å². The van der Waals surface area contributed by atoms with E-state index >= 15 is 0 Å². The highest BCUT2D eigenvalue weighted by Gasteiger charge is 2.17. The number of rotatable bonds is 5. The lowest BCUT2D eigenvalue weighted by atomic mass is 10.2. The van der Waals surface area contributed by atoms with Crippen molar-refractivity contribution in [3.05, 3.63) is 29.8 Å². The Morgan fingerprint density at radius 1 is 1.35 bits per heavy atom. The average molecular weight is 279 g/mol. The van der Waals surface area contributed by atoms with E-state index in [9.17, 15) is 9.59 Å². The quantitative estimate of drug-likeness (QED) is 0.655. The third kappa shape index (κ3) is 3.27. The van der Waals surface area contributed by atoms with Crippen molar-refractivity contribution < 1.29 is 29.3 Å². The number of ether oxygens (including phenoxy) is 2. The number of aliphatic hydroxyl groups is 1.